The number of pyridine rings is 1. The molecular weight excluding hydrogens is 390 g/mol. The first-order valence-corrected chi connectivity index (χ1v) is 11.0. The maximum absolute atomic E-state index is 10.0. The molecule has 0 amide bonds. The van der Waals surface area contributed by atoms with Gasteiger partial charge in [-0.25, -0.2) is 4.98 Å². The van der Waals surface area contributed by atoms with E-state index in [1.54, 1.807) is 0 Å². The highest BCUT2D eigenvalue weighted by Gasteiger charge is 2.27. The summed E-state index contributed by atoms with van der Waals surface area (Å²) in [7, 11) is 0. The van der Waals surface area contributed by atoms with Crippen molar-refractivity contribution >= 4 is 23.1 Å². The third kappa shape index (κ3) is 4.03. The number of piperazine rings is 1. The standard InChI is InChI=1S/C24H27N5S/c1-2-12-26-24(30)29-15-13-28(14-16-29)23-21(17-25)19-10-6-7-11-20(19)22(27-23)18-8-4-3-5-9-18/h2-5,8-9H,1,6-7,10-16H2,(H,26,30). The summed E-state index contributed by atoms with van der Waals surface area (Å²) in [6.07, 6.45) is 6.06. The molecule has 1 saturated heterocycles. The van der Waals surface area contributed by atoms with Crippen molar-refractivity contribution in [2.45, 2.75) is 25.7 Å². The van der Waals surface area contributed by atoms with Crippen LogP contribution in [0.15, 0.2) is 43.0 Å². The van der Waals surface area contributed by atoms with Crippen LogP contribution in [0.3, 0.4) is 0 Å². The van der Waals surface area contributed by atoms with Gasteiger partial charge in [0.2, 0.25) is 0 Å². The maximum atomic E-state index is 10.0. The van der Waals surface area contributed by atoms with Gasteiger partial charge >= 0.3 is 0 Å². The van der Waals surface area contributed by atoms with Crippen LogP contribution >= 0.6 is 12.2 Å². The number of aromatic nitrogens is 1. The number of nitrogens with zero attached hydrogens (tertiary/aromatic N) is 4. The van der Waals surface area contributed by atoms with Crippen molar-refractivity contribution in [3.8, 4) is 17.3 Å². The number of fused-ring (bicyclic) bond motifs is 1. The molecule has 1 aromatic heterocycles. The lowest BCUT2D eigenvalue weighted by Gasteiger charge is -2.38. The highest BCUT2D eigenvalue weighted by molar-refractivity contribution is 7.80. The molecule has 0 radical (unpaired) electrons. The molecule has 30 heavy (non-hydrogen) atoms. The molecule has 0 atom stereocenters. The molecular formula is C24H27N5S. The van der Waals surface area contributed by atoms with Crippen LogP contribution < -0.4 is 10.2 Å². The van der Waals surface area contributed by atoms with Crippen molar-refractivity contribution in [1.82, 2.24) is 15.2 Å². The third-order valence-corrected chi connectivity index (χ3v) is 6.32. The van der Waals surface area contributed by atoms with Gasteiger partial charge in [-0.05, 0) is 49.0 Å². The number of rotatable bonds is 4. The zero-order valence-corrected chi connectivity index (χ0v) is 18.0. The van der Waals surface area contributed by atoms with Crippen LogP contribution in [0.25, 0.3) is 11.3 Å². The molecule has 1 fully saturated rings. The number of thiocarbonyl (C=S) groups is 1. The Labute approximate surface area is 184 Å². The van der Waals surface area contributed by atoms with Crippen molar-refractivity contribution in [1.29, 1.82) is 5.26 Å². The molecule has 4 rings (SSSR count). The highest BCUT2D eigenvalue weighted by atomic mass is 32.1. The Bertz CT molecular complexity index is 971. The lowest BCUT2D eigenvalue weighted by Crippen LogP contribution is -2.52. The average Bonchev–Trinajstić information content (AvgIpc) is 2.82. The molecule has 0 bridgehead atoms. The first kappa shape index (κ1) is 20.4. The van der Waals surface area contributed by atoms with Gasteiger partial charge < -0.3 is 15.1 Å². The van der Waals surface area contributed by atoms with E-state index in [1.807, 2.05) is 12.1 Å². The SMILES string of the molecule is C=CCNC(=S)N1CCN(c2nc(-c3ccccc3)c3c(c2C#N)CCCC3)CC1. The smallest absolute Gasteiger partial charge is 0.169 e. The fourth-order valence-corrected chi connectivity index (χ4v) is 4.65. The zero-order valence-electron chi connectivity index (χ0n) is 17.2. The Morgan fingerprint density at radius 1 is 1.13 bits per heavy atom. The molecule has 2 heterocycles. The van der Waals surface area contributed by atoms with Crippen molar-refractivity contribution in [2.75, 3.05) is 37.6 Å². The van der Waals surface area contributed by atoms with E-state index in [1.165, 1.54) is 11.1 Å². The minimum Gasteiger partial charge on any atom is -0.359 e. The number of hydrogen-bond acceptors (Lipinski definition) is 4. The first-order chi connectivity index (χ1) is 14.7. The van der Waals surface area contributed by atoms with E-state index in [4.69, 9.17) is 17.2 Å². The van der Waals surface area contributed by atoms with Crippen LogP contribution in [-0.4, -0.2) is 47.7 Å². The van der Waals surface area contributed by atoms with Crippen LogP contribution in [0, 0.1) is 11.3 Å². The van der Waals surface area contributed by atoms with Crippen molar-refractivity contribution in [2.24, 2.45) is 0 Å². The average molecular weight is 418 g/mol. The van der Waals surface area contributed by atoms with Gasteiger partial charge in [0.05, 0.1) is 11.3 Å². The Morgan fingerprint density at radius 2 is 1.83 bits per heavy atom. The van der Waals surface area contributed by atoms with Crippen LogP contribution in [0.4, 0.5) is 5.82 Å². The maximum Gasteiger partial charge on any atom is 0.169 e. The number of hydrogen-bond donors (Lipinski definition) is 1. The van der Waals surface area contributed by atoms with Gasteiger partial charge in [0.15, 0.2) is 5.11 Å². The molecule has 2 aliphatic rings. The van der Waals surface area contributed by atoms with E-state index in [0.29, 0.717) is 6.54 Å². The Morgan fingerprint density at radius 3 is 2.50 bits per heavy atom. The second-order valence-corrected chi connectivity index (χ2v) is 8.14. The van der Waals surface area contributed by atoms with Crippen LogP contribution in [0.1, 0.15) is 29.5 Å². The predicted octanol–water partition coefficient (Wildman–Crippen LogP) is 3.68. The van der Waals surface area contributed by atoms with Gasteiger partial charge in [-0.15, -0.1) is 6.58 Å². The first-order valence-electron chi connectivity index (χ1n) is 10.6. The van der Waals surface area contributed by atoms with Crippen LogP contribution in [0.5, 0.6) is 0 Å². The van der Waals surface area contributed by atoms with E-state index in [9.17, 15) is 5.26 Å². The summed E-state index contributed by atoms with van der Waals surface area (Å²) in [5.74, 6) is 0.835. The van der Waals surface area contributed by atoms with Crippen molar-refractivity contribution in [3.05, 3.63) is 59.7 Å². The molecule has 1 aromatic carbocycles. The number of benzene rings is 1. The second-order valence-electron chi connectivity index (χ2n) is 7.75. The van der Waals surface area contributed by atoms with E-state index in [-0.39, 0.29) is 0 Å². The molecule has 1 N–H and O–H groups in total. The lowest BCUT2D eigenvalue weighted by atomic mass is 9.86. The van der Waals surface area contributed by atoms with E-state index in [0.717, 1.165) is 79.6 Å². The third-order valence-electron chi connectivity index (χ3n) is 5.92. The molecule has 154 valence electrons. The quantitative estimate of drug-likeness (QED) is 0.605. The number of anilines is 1. The Balaban J connectivity index is 1.66. The van der Waals surface area contributed by atoms with Gasteiger partial charge in [-0.2, -0.15) is 5.26 Å². The lowest BCUT2D eigenvalue weighted by molar-refractivity contribution is 0.380. The van der Waals surface area contributed by atoms with Gasteiger partial charge in [0.25, 0.3) is 0 Å². The molecule has 0 spiro atoms. The minimum absolute atomic E-state index is 0.671. The number of nitrogens with one attached hydrogen (secondary N) is 1. The largest absolute Gasteiger partial charge is 0.359 e. The van der Waals surface area contributed by atoms with Gasteiger partial charge in [-0.3, -0.25) is 0 Å². The van der Waals surface area contributed by atoms with E-state index in [2.05, 4.69) is 52.0 Å². The fraction of sp³-hybridized carbons (Fsp3) is 0.375. The number of nitriles is 1. The van der Waals surface area contributed by atoms with E-state index >= 15 is 0 Å². The summed E-state index contributed by atoms with van der Waals surface area (Å²) >= 11 is 5.49. The zero-order chi connectivity index (χ0) is 20.9. The van der Waals surface area contributed by atoms with Gasteiger partial charge in [0.1, 0.15) is 11.9 Å². The summed E-state index contributed by atoms with van der Waals surface area (Å²) in [5.41, 5.74) is 5.42. The molecule has 0 saturated carbocycles. The predicted molar refractivity (Wildman–Crippen MR) is 126 cm³/mol. The minimum atomic E-state index is 0.671. The fourth-order valence-electron chi connectivity index (χ4n) is 4.38. The Hall–Kier alpha value is -2.91. The van der Waals surface area contributed by atoms with Crippen LogP contribution in [-0.2, 0) is 12.8 Å². The Kier molecular flexibility index (Phi) is 6.29. The summed E-state index contributed by atoms with van der Waals surface area (Å²) in [6, 6.07) is 12.9. The monoisotopic (exact) mass is 417 g/mol. The molecule has 6 heteroatoms. The van der Waals surface area contributed by atoms with E-state index < -0.39 is 0 Å². The summed E-state index contributed by atoms with van der Waals surface area (Å²) < 4.78 is 0. The molecule has 0 unspecified atom stereocenters. The topological polar surface area (TPSA) is 55.2 Å². The summed E-state index contributed by atoms with van der Waals surface area (Å²) in [4.78, 5) is 9.53. The van der Waals surface area contributed by atoms with Crippen molar-refractivity contribution in [3.63, 3.8) is 0 Å². The molecule has 2 aromatic rings. The molecule has 1 aliphatic carbocycles. The molecule has 1 aliphatic heterocycles. The van der Waals surface area contributed by atoms with Crippen molar-refractivity contribution < 1.29 is 0 Å². The highest BCUT2D eigenvalue weighted by Crippen LogP contribution is 2.36. The van der Waals surface area contributed by atoms with Crippen LogP contribution in [0.2, 0.25) is 0 Å². The van der Waals surface area contributed by atoms with Gasteiger partial charge in [0, 0.05) is 38.3 Å². The normalized spacial score (nSPS) is 15.8. The second kappa shape index (κ2) is 9.27. The summed E-state index contributed by atoms with van der Waals surface area (Å²) in [5, 5.41) is 14.0. The van der Waals surface area contributed by atoms with Gasteiger partial charge in [-0.1, -0.05) is 36.4 Å². The summed E-state index contributed by atoms with van der Waals surface area (Å²) in [6.45, 7) is 7.62. The molecule has 5 nitrogen and oxygen atoms in total.